The molecule has 1 saturated heterocycles. The third kappa shape index (κ3) is 5.55. The van der Waals surface area contributed by atoms with Gasteiger partial charge in [-0.25, -0.2) is 0 Å². The SMILES string of the molecule is Cl.N#Cc1ccc(Cc2cnccc2CN2CCN(c3cccc(Cl)c3)CC2=O)cc1. The Hall–Kier alpha value is -3.07. The van der Waals surface area contributed by atoms with Gasteiger partial charge in [0.05, 0.1) is 18.2 Å². The normalized spacial score (nSPS) is 13.5. The Labute approximate surface area is 193 Å². The van der Waals surface area contributed by atoms with Crippen molar-refractivity contribution in [2.75, 3.05) is 24.5 Å². The zero-order chi connectivity index (χ0) is 20.9. The first kappa shape index (κ1) is 22.6. The van der Waals surface area contributed by atoms with Crippen LogP contribution in [0.4, 0.5) is 5.69 Å². The van der Waals surface area contributed by atoms with Gasteiger partial charge < -0.3 is 9.80 Å². The molecule has 0 radical (unpaired) electrons. The van der Waals surface area contributed by atoms with Crippen molar-refractivity contribution in [3.8, 4) is 6.07 Å². The van der Waals surface area contributed by atoms with Crippen molar-refractivity contribution in [2.24, 2.45) is 0 Å². The number of aromatic nitrogens is 1. The van der Waals surface area contributed by atoms with Crippen molar-refractivity contribution in [1.82, 2.24) is 9.88 Å². The molecular weight excluding hydrogens is 431 g/mol. The van der Waals surface area contributed by atoms with Gasteiger partial charge in [-0.15, -0.1) is 12.4 Å². The van der Waals surface area contributed by atoms with Gasteiger partial charge in [0.2, 0.25) is 5.91 Å². The molecule has 7 heteroatoms. The van der Waals surface area contributed by atoms with Crippen LogP contribution in [0.25, 0.3) is 0 Å². The average molecular weight is 453 g/mol. The van der Waals surface area contributed by atoms with Crippen LogP contribution in [0.3, 0.4) is 0 Å². The van der Waals surface area contributed by atoms with Gasteiger partial charge in [-0.05, 0) is 59.5 Å². The number of hydrogen-bond donors (Lipinski definition) is 0. The van der Waals surface area contributed by atoms with Gasteiger partial charge >= 0.3 is 0 Å². The van der Waals surface area contributed by atoms with E-state index in [0.717, 1.165) is 28.9 Å². The highest BCUT2D eigenvalue weighted by atomic mass is 35.5. The summed E-state index contributed by atoms with van der Waals surface area (Å²) in [5, 5.41) is 9.64. The van der Waals surface area contributed by atoms with E-state index in [2.05, 4.69) is 16.0 Å². The minimum absolute atomic E-state index is 0. The maximum atomic E-state index is 12.8. The summed E-state index contributed by atoms with van der Waals surface area (Å²) in [5.41, 5.74) is 4.92. The summed E-state index contributed by atoms with van der Waals surface area (Å²) >= 11 is 6.09. The van der Waals surface area contributed by atoms with Crippen molar-refractivity contribution in [2.45, 2.75) is 13.0 Å². The lowest BCUT2D eigenvalue weighted by Gasteiger charge is -2.36. The van der Waals surface area contributed by atoms with Gasteiger partial charge in [0.25, 0.3) is 0 Å². The van der Waals surface area contributed by atoms with Crippen LogP contribution in [-0.4, -0.2) is 35.4 Å². The van der Waals surface area contributed by atoms with E-state index < -0.39 is 0 Å². The minimum atomic E-state index is 0. The number of benzene rings is 2. The molecule has 2 aromatic carbocycles. The van der Waals surface area contributed by atoms with Gasteiger partial charge in [-0.2, -0.15) is 5.26 Å². The summed E-state index contributed by atoms with van der Waals surface area (Å²) in [7, 11) is 0. The first-order valence-electron chi connectivity index (χ1n) is 9.81. The van der Waals surface area contributed by atoms with Crippen LogP contribution < -0.4 is 4.90 Å². The van der Waals surface area contributed by atoms with E-state index in [-0.39, 0.29) is 18.3 Å². The molecule has 5 nitrogen and oxygen atoms in total. The Morgan fingerprint density at radius 1 is 1.06 bits per heavy atom. The Morgan fingerprint density at radius 3 is 2.58 bits per heavy atom. The van der Waals surface area contributed by atoms with Gasteiger partial charge in [-0.1, -0.05) is 29.8 Å². The van der Waals surface area contributed by atoms with Gasteiger partial charge in [0, 0.05) is 42.7 Å². The number of nitrogens with zero attached hydrogens (tertiary/aromatic N) is 4. The van der Waals surface area contributed by atoms with Crippen molar-refractivity contribution >= 4 is 35.6 Å². The standard InChI is InChI=1S/C24H21ClN4O.ClH/c25-22-2-1-3-23(13-22)28-10-11-29(24(30)17-28)16-20-8-9-27-15-21(20)12-18-4-6-19(14-26)7-5-18;/h1-9,13,15H,10-12,16-17H2;1H. The first-order valence-corrected chi connectivity index (χ1v) is 10.2. The minimum Gasteiger partial charge on any atom is -0.360 e. The van der Waals surface area contributed by atoms with Gasteiger partial charge in [0.1, 0.15) is 0 Å². The number of pyridine rings is 1. The number of carbonyl (C=O) groups excluding carboxylic acids is 1. The van der Waals surface area contributed by atoms with E-state index in [4.69, 9.17) is 16.9 Å². The number of carbonyl (C=O) groups is 1. The number of halogens is 2. The van der Waals surface area contributed by atoms with E-state index in [1.165, 1.54) is 0 Å². The fourth-order valence-electron chi connectivity index (χ4n) is 3.66. The number of rotatable bonds is 5. The smallest absolute Gasteiger partial charge is 0.242 e. The van der Waals surface area contributed by atoms with Crippen LogP contribution in [0.2, 0.25) is 5.02 Å². The predicted octanol–water partition coefficient (Wildman–Crippen LogP) is 4.47. The molecule has 0 unspecified atom stereocenters. The summed E-state index contributed by atoms with van der Waals surface area (Å²) in [6.07, 6.45) is 4.34. The van der Waals surface area contributed by atoms with E-state index in [9.17, 15) is 4.79 Å². The summed E-state index contributed by atoms with van der Waals surface area (Å²) < 4.78 is 0. The number of anilines is 1. The number of piperazine rings is 1. The highest BCUT2D eigenvalue weighted by molar-refractivity contribution is 6.30. The van der Waals surface area contributed by atoms with Crippen molar-refractivity contribution in [1.29, 1.82) is 5.26 Å². The van der Waals surface area contributed by atoms with Crippen LogP contribution in [0, 0.1) is 11.3 Å². The average Bonchev–Trinajstić information content (AvgIpc) is 2.77. The summed E-state index contributed by atoms with van der Waals surface area (Å²) in [4.78, 5) is 21.0. The Kier molecular flexibility index (Phi) is 7.51. The zero-order valence-corrected chi connectivity index (χ0v) is 18.4. The molecule has 2 heterocycles. The van der Waals surface area contributed by atoms with Crippen LogP contribution in [0.1, 0.15) is 22.3 Å². The molecule has 4 rings (SSSR count). The molecule has 3 aromatic rings. The molecule has 0 spiro atoms. The molecule has 31 heavy (non-hydrogen) atoms. The second-order valence-electron chi connectivity index (χ2n) is 7.35. The van der Waals surface area contributed by atoms with Gasteiger partial charge in [-0.3, -0.25) is 9.78 Å². The summed E-state index contributed by atoms with van der Waals surface area (Å²) in [6, 6.07) is 19.3. The molecule has 0 aliphatic carbocycles. The third-order valence-electron chi connectivity index (χ3n) is 5.34. The van der Waals surface area contributed by atoms with Crippen LogP contribution in [0.5, 0.6) is 0 Å². The molecule has 0 saturated carbocycles. The quantitative estimate of drug-likeness (QED) is 0.572. The Bertz CT molecular complexity index is 1100. The molecular formula is C24H22Cl2N4O. The molecule has 0 bridgehead atoms. The fourth-order valence-corrected chi connectivity index (χ4v) is 3.85. The van der Waals surface area contributed by atoms with Crippen LogP contribution in [0.15, 0.2) is 67.0 Å². The highest BCUT2D eigenvalue weighted by Gasteiger charge is 2.25. The molecule has 1 amide bonds. The van der Waals surface area contributed by atoms with Crippen molar-refractivity contribution in [3.63, 3.8) is 0 Å². The lowest BCUT2D eigenvalue weighted by atomic mass is 10.0. The molecule has 1 aromatic heterocycles. The number of nitriles is 1. The maximum Gasteiger partial charge on any atom is 0.242 e. The fraction of sp³-hybridized carbons (Fsp3) is 0.208. The predicted molar refractivity (Wildman–Crippen MR) is 125 cm³/mol. The highest BCUT2D eigenvalue weighted by Crippen LogP contribution is 2.22. The number of amides is 1. The zero-order valence-electron chi connectivity index (χ0n) is 16.9. The molecule has 1 fully saturated rings. The molecule has 158 valence electrons. The van der Waals surface area contributed by atoms with Crippen LogP contribution >= 0.6 is 24.0 Å². The third-order valence-corrected chi connectivity index (χ3v) is 5.57. The van der Waals surface area contributed by atoms with Gasteiger partial charge in [0.15, 0.2) is 0 Å². The monoisotopic (exact) mass is 452 g/mol. The van der Waals surface area contributed by atoms with E-state index in [0.29, 0.717) is 36.6 Å². The van der Waals surface area contributed by atoms with Crippen molar-refractivity contribution < 1.29 is 4.79 Å². The second kappa shape index (κ2) is 10.3. The lowest BCUT2D eigenvalue weighted by molar-refractivity contribution is -0.131. The number of hydrogen-bond acceptors (Lipinski definition) is 4. The van der Waals surface area contributed by atoms with Crippen LogP contribution in [-0.2, 0) is 17.8 Å². The van der Waals surface area contributed by atoms with E-state index >= 15 is 0 Å². The first-order chi connectivity index (χ1) is 14.6. The molecule has 1 aliphatic rings. The molecule has 0 N–H and O–H groups in total. The second-order valence-corrected chi connectivity index (χ2v) is 7.78. The Balaban J connectivity index is 0.00000272. The lowest BCUT2D eigenvalue weighted by Crippen LogP contribution is -2.50. The van der Waals surface area contributed by atoms with Crippen molar-refractivity contribution in [3.05, 3.63) is 94.3 Å². The molecule has 0 atom stereocenters. The summed E-state index contributed by atoms with van der Waals surface area (Å²) in [6.45, 7) is 2.33. The van der Waals surface area contributed by atoms with E-state index in [1.807, 2.05) is 65.7 Å². The molecule has 1 aliphatic heterocycles. The topological polar surface area (TPSA) is 60.2 Å². The maximum absolute atomic E-state index is 12.8. The summed E-state index contributed by atoms with van der Waals surface area (Å²) in [5.74, 6) is 0.0994. The van der Waals surface area contributed by atoms with E-state index in [1.54, 1.807) is 6.20 Å². The largest absolute Gasteiger partial charge is 0.360 e. The Morgan fingerprint density at radius 2 is 1.87 bits per heavy atom.